The van der Waals surface area contributed by atoms with Gasteiger partial charge in [0.25, 0.3) is 0 Å². The number of nitrogens with zero attached hydrogens (tertiary/aromatic N) is 1. The Morgan fingerprint density at radius 2 is 2.00 bits per heavy atom. The van der Waals surface area contributed by atoms with Crippen molar-refractivity contribution in [3.05, 3.63) is 21.2 Å². The highest BCUT2D eigenvalue weighted by Crippen LogP contribution is 2.30. The summed E-state index contributed by atoms with van der Waals surface area (Å²) in [4.78, 5) is 4.35. The van der Waals surface area contributed by atoms with Crippen molar-refractivity contribution in [1.82, 2.24) is 4.98 Å². The molecule has 2 rings (SSSR count). The van der Waals surface area contributed by atoms with Gasteiger partial charge >= 0.3 is 0 Å². The Labute approximate surface area is 125 Å². The summed E-state index contributed by atoms with van der Waals surface area (Å²) >= 11 is 6.89. The lowest BCUT2D eigenvalue weighted by Crippen LogP contribution is -2.28. The van der Waals surface area contributed by atoms with Gasteiger partial charge < -0.3 is 10.4 Å². The molecular weight excluding hydrogens is 360 g/mol. The van der Waals surface area contributed by atoms with E-state index in [1.54, 1.807) is 6.20 Å². The Hall–Kier alpha value is -0.130. The second-order valence-electron chi connectivity index (χ2n) is 4.85. The number of hydrogen-bond acceptors (Lipinski definition) is 3. The van der Waals surface area contributed by atoms with Crippen LogP contribution in [0.5, 0.6) is 0 Å². The third-order valence-corrected chi connectivity index (χ3v) is 4.68. The Balaban J connectivity index is 1.93. The molecule has 5 heteroatoms. The molecule has 3 nitrogen and oxygen atoms in total. The van der Waals surface area contributed by atoms with E-state index < -0.39 is 0 Å². The van der Waals surface area contributed by atoms with Gasteiger partial charge in [-0.25, -0.2) is 4.98 Å². The highest BCUT2D eigenvalue weighted by atomic mass is 79.9. The molecule has 1 fully saturated rings. The van der Waals surface area contributed by atoms with E-state index in [9.17, 15) is 5.11 Å². The first kappa shape index (κ1) is 14.3. The van der Waals surface area contributed by atoms with Gasteiger partial charge in [-0.15, -0.1) is 0 Å². The second-order valence-corrected chi connectivity index (χ2v) is 6.62. The predicted molar refractivity (Wildman–Crippen MR) is 80.7 cm³/mol. The number of nitrogens with one attached hydrogen (secondary N) is 1. The second kappa shape index (κ2) is 6.87. The number of anilines is 1. The summed E-state index contributed by atoms with van der Waals surface area (Å²) in [7, 11) is 0. The van der Waals surface area contributed by atoms with E-state index >= 15 is 0 Å². The van der Waals surface area contributed by atoms with Gasteiger partial charge in [0.1, 0.15) is 5.82 Å². The lowest BCUT2D eigenvalue weighted by Gasteiger charge is -2.30. The smallest absolute Gasteiger partial charge is 0.140 e. The average molecular weight is 378 g/mol. The van der Waals surface area contributed by atoms with Crippen molar-refractivity contribution in [2.75, 3.05) is 18.5 Å². The number of aliphatic hydroxyl groups excluding tert-OH is 1. The lowest BCUT2D eigenvalue weighted by molar-refractivity contribution is 0.141. The summed E-state index contributed by atoms with van der Waals surface area (Å²) in [5.41, 5.74) is 0. The minimum Gasteiger partial charge on any atom is -0.396 e. The zero-order valence-corrected chi connectivity index (χ0v) is 13.4. The molecule has 1 aliphatic carbocycles. The van der Waals surface area contributed by atoms with Crippen molar-refractivity contribution >= 4 is 37.7 Å². The fourth-order valence-corrected chi connectivity index (χ4v) is 3.69. The first-order valence-corrected chi connectivity index (χ1v) is 7.95. The standard InChI is InChI=1S/C13H18Br2N2O/c14-11-5-12(15)13(17-7-11)16-6-9-3-1-2-4-10(9)8-18/h5,7,9-10,18H,1-4,6,8H2,(H,16,17). The Kier molecular flexibility index (Phi) is 5.45. The molecule has 2 atom stereocenters. The van der Waals surface area contributed by atoms with E-state index in [1.165, 1.54) is 19.3 Å². The van der Waals surface area contributed by atoms with Crippen LogP contribution >= 0.6 is 31.9 Å². The Morgan fingerprint density at radius 1 is 1.28 bits per heavy atom. The first-order valence-electron chi connectivity index (χ1n) is 6.36. The maximum absolute atomic E-state index is 9.39. The van der Waals surface area contributed by atoms with E-state index in [0.717, 1.165) is 27.7 Å². The zero-order chi connectivity index (χ0) is 13.0. The maximum Gasteiger partial charge on any atom is 0.140 e. The highest BCUT2D eigenvalue weighted by Gasteiger charge is 2.24. The maximum atomic E-state index is 9.39. The number of aromatic nitrogens is 1. The molecule has 0 aromatic carbocycles. The molecule has 1 aliphatic rings. The summed E-state index contributed by atoms with van der Waals surface area (Å²) in [6.07, 6.45) is 6.67. The summed E-state index contributed by atoms with van der Waals surface area (Å²) in [5, 5.41) is 12.8. The normalized spacial score (nSPS) is 23.9. The van der Waals surface area contributed by atoms with Crippen LogP contribution in [0, 0.1) is 11.8 Å². The fraction of sp³-hybridized carbons (Fsp3) is 0.615. The fourth-order valence-electron chi connectivity index (χ4n) is 2.57. The topological polar surface area (TPSA) is 45.1 Å². The van der Waals surface area contributed by atoms with Crippen molar-refractivity contribution in [3.8, 4) is 0 Å². The monoisotopic (exact) mass is 376 g/mol. The number of rotatable bonds is 4. The molecule has 2 N–H and O–H groups in total. The van der Waals surface area contributed by atoms with Crippen LogP contribution in [0.1, 0.15) is 25.7 Å². The minimum atomic E-state index is 0.307. The average Bonchev–Trinajstić information content (AvgIpc) is 2.38. The molecule has 18 heavy (non-hydrogen) atoms. The van der Waals surface area contributed by atoms with Crippen molar-refractivity contribution < 1.29 is 5.11 Å². The van der Waals surface area contributed by atoms with Gasteiger partial charge in [-0.3, -0.25) is 0 Å². The molecular formula is C13H18Br2N2O. The third kappa shape index (κ3) is 3.68. The number of pyridine rings is 1. The van der Waals surface area contributed by atoms with Crippen LogP contribution in [-0.4, -0.2) is 23.2 Å². The van der Waals surface area contributed by atoms with Gasteiger partial charge in [-0.05, 0) is 62.6 Å². The first-order chi connectivity index (χ1) is 8.70. The molecule has 0 saturated heterocycles. The van der Waals surface area contributed by atoms with Gasteiger partial charge in [-0.2, -0.15) is 0 Å². The molecule has 0 radical (unpaired) electrons. The summed E-state index contributed by atoms with van der Waals surface area (Å²) < 4.78 is 1.93. The zero-order valence-electron chi connectivity index (χ0n) is 10.2. The summed E-state index contributed by atoms with van der Waals surface area (Å²) in [6, 6.07) is 1.99. The number of hydrogen-bond donors (Lipinski definition) is 2. The van der Waals surface area contributed by atoms with Gasteiger partial charge in [0.2, 0.25) is 0 Å². The van der Waals surface area contributed by atoms with Crippen molar-refractivity contribution in [1.29, 1.82) is 0 Å². The lowest BCUT2D eigenvalue weighted by atomic mass is 9.79. The van der Waals surface area contributed by atoms with Crippen LogP contribution in [-0.2, 0) is 0 Å². The molecule has 0 spiro atoms. The van der Waals surface area contributed by atoms with Gasteiger partial charge in [0.15, 0.2) is 0 Å². The van der Waals surface area contributed by atoms with Crippen LogP contribution in [0.15, 0.2) is 21.2 Å². The van der Waals surface area contributed by atoms with E-state index in [2.05, 4.69) is 42.2 Å². The molecule has 0 aliphatic heterocycles. The van der Waals surface area contributed by atoms with E-state index in [4.69, 9.17) is 0 Å². The molecule has 1 heterocycles. The number of halogens is 2. The van der Waals surface area contributed by atoms with Crippen molar-refractivity contribution in [2.24, 2.45) is 11.8 Å². The van der Waals surface area contributed by atoms with Crippen LogP contribution in [0.3, 0.4) is 0 Å². The van der Waals surface area contributed by atoms with Gasteiger partial charge in [0.05, 0.1) is 4.47 Å². The Bertz CT molecular complexity index is 401. The summed E-state index contributed by atoms with van der Waals surface area (Å²) in [5.74, 6) is 1.88. The molecule has 0 amide bonds. The molecule has 0 bridgehead atoms. The quantitative estimate of drug-likeness (QED) is 0.838. The van der Waals surface area contributed by atoms with E-state index in [1.807, 2.05) is 6.07 Å². The van der Waals surface area contributed by atoms with Crippen LogP contribution in [0.2, 0.25) is 0 Å². The minimum absolute atomic E-state index is 0.307. The number of aliphatic hydroxyl groups is 1. The largest absolute Gasteiger partial charge is 0.396 e. The van der Waals surface area contributed by atoms with E-state index in [-0.39, 0.29) is 0 Å². The molecule has 1 aromatic heterocycles. The predicted octanol–water partition coefficient (Wildman–Crippen LogP) is 3.82. The summed E-state index contributed by atoms with van der Waals surface area (Å²) in [6.45, 7) is 1.19. The van der Waals surface area contributed by atoms with E-state index in [0.29, 0.717) is 18.4 Å². The van der Waals surface area contributed by atoms with Gasteiger partial charge in [-0.1, -0.05) is 12.8 Å². The molecule has 1 saturated carbocycles. The molecule has 1 aromatic rings. The van der Waals surface area contributed by atoms with Crippen LogP contribution in [0.25, 0.3) is 0 Å². The third-order valence-electron chi connectivity index (χ3n) is 3.64. The van der Waals surface area contributed by atoms with Crippen LogP contribution < -0.4 is 5.32 Å². The Morgan fingerprint density at radius 3 is 2.67 bits per heavy atom. The van der Waals surface area contributed by atoms with Crippen LogP contribution in [0.4, 0.5) is 5.82 Å². The SMILES string of the molecule is OCC1CCCCC1CNc1ncc(Br)cc1Br. The molecule has 100 valence electrons. The van der Waals surface area contributed by atoms with Gasteiger partial charge in [0, 0.05) is 23.8 Å². The molecule has 2 unspecified atom stereocenters. The highest BCUT2D eigenvalue weighted by molar-refractivity contribution is 9.11. The van der Waals surface area contributed by atoms with Crippen molar-refractivity contribution in [3.63, 3.8) is 0 Å². The van der Waals surface area contributed by atoms with Crippen molar-refractivity contribution in [2.45, 2.75) is 25.7 Å².